The van der Waals surface area contributed by atoms with Gasteiger partial charge in [-0.3, -0.25) is 4.79 Å². The Hall–Kier alpha value is -3.52. The van der Waals surface area contributed by atoms with Gasteiger partial charge in [0.2, 0.25) is 5.91 Å². The minimum absolute atomic E-state index is 0.0760. The van der Waals surface area contributed by atoms with Gasteiger partial charge in [-0.2, -0.15) is 13.2 Å². The molecular weight excluding hydrogens is 433 g/mol. The van der Waals surface area contributed by atoms with Gasteiger partial charge in [-0.15, -0.1) is 0 Å². The molecule has 0 saturated carbocycles. The number of alkyl halides is 3. The second-order valence-corrected chi connectivity index (χ2v) is 7.23. The molecule has 5 nitrogen and oxygen atoms in total. The Morgan fingerprint density at radius 3 is 2.06 bits per heavy atom. The molecule has 0 saturated heterocycles. The van der Waals surface area contributed by atoms with E-state index in [0.717, 1.165) is 23.3 Å². The summed E-state index contributed by atoms with van der Waals surface area (Å²) in [5.41, 5.74) is 1.02. The van der Waals surface area contributed by atoms with E-state index in [4.69, 9.17) is 9.47 Å². The lowest BCUT2D eigenvalue weighted by atomic mass is 9.99. The Balaban J connectivity index is 1.75. The van der Waals surface area contributed by atoms with Crippen LogP contribution in [0.2, 0.25) is 0 Å². The Morgan fingerprint density at radius 2 is 1.52 bits per heavy atom. The standard InChI is InChI=1S/C25H25F3N2O3/c1-32-14-15-33-22-13-12-20(25(26,27)28)16-21(22)29-17-23(31)30-24(18-8-4-2-5-9-18)19-10-6-3-7-11-19/h2-13,16,24,29H,14-15,17H2,1H3,(H,30,31). The zero-order chi connectivity index (χ0) is 23.7. The molecule has 3 aromatic rings. The van der Waals surface area contributed by atoms with Crippen molar-refractivity contribution in [2.75, 3.05) is 32.2 Å². The molecule has 0 spiro atoms. The van der Waals surface area contributed by atoms with Gasteiger partial charge in [-0.25, -0.2) is 0 Å². The minimum Gasteiger partial charge on any atom is -0.489 e. The van der Waals surface area contributed by atoms with Gasteiger partial charge in [-0.05, 0) is 29.3 Å². The third-order valence-corrected chi connectivity index (χ3v) is 4.86. The molecule has 0 unspecified atom stereocenters. The summed E-state index contributed by atoms with van der Waals surface area (Å²) in [6.45, 7) is 0.196. The highest BCUT2D eigenvalue weighted by Crippen LogP contribution is 2.35. The number of anilines is 1. The van der Waals surface area contributed by atoms with Crippen molar-refractivity contribution in [2.45, 2.75) is 12.2 Å². The lowest BCUT2D eigenvalue weighted by Gasteiger charge is -2.21. The number of hydrogen-bond donors (Lipinski definition) is 2. The first kappa shape index (κ1) is 24.1. The first-order valence-corrected chi connectivity index (χ1v) is 10.3. The number of ether oxygens (including phenoxy) is 2. The van der Waals surface area contributed by atoms with Gasteiger partial charge in [0.1, 0.15) is 12.4 Å². The van der Waals surface area contributed by atoms with E-state index < -0.39 is 17.8 Å². The average molecular weight is 458 g/mol. The van der Waals surface area contributed by atoms with Crippen molar-refractivity contribution < 1.29 is 27.4 Å². The molecule has 0 fully saturated rings. The fraction of sp³-hybridized carbons (Fsp3) is 0.240. The van der Waals surface area contributed by atoms with Crippen LogP contribution in [0.15, 0.2) is 78.9 Å². The summed E-state index contributed by atoms with van der Waals surface area (Å²) < 4.78 is 50.0. The Labute approximate surface area is 190 Å². The molecule has 0 atom stereocenters. The minimum atomic E-state index is -4.52. The van der Waals surface area contributed by atoms with Gasteiger partial charge in [0.15, 0.2) is 0 Å². The molecule has 8 heteroatoms. The third-order valence-electron chi connectivity index (χ3n) is 4.86. The summed E-state index contributed by atoms with van der Waals surface area (Å²) in [7, 11) is 1.50. The van der Waals surface area contributed by atoms with E-state index in [0.29, 0.717) is 0 Å². The molecule has 0 bridgehead atoms. The molecule has 0 aromatic heterocycles. The molecule has 0 aliphatic rings. The normalized spacial score (nSPS) is 11.3. The van der Waals surface area contributed by atoms with E-state index in [1.54, 1.807) is 0 Å². The summed E-state index contributed by atoms with van der Waals surface area (Å²) in [6.07, 6.45) is -4.52. The van der Waals surface area contributed by atoms with Crippen molar-refractivity contribution in [3.63, 3.8) is 0 Å². The van der Waals surface area contributed by atoms with E-state index in [2.05, 4.69) is 10.6 Å². The number of benzene rings is 3. The first-order chi connectivity index (χ1) is 15.9. The maximum Gasteiger partial charge on any atom is 0.416 e. The maximum absolute atomic E-state index is 13.2. The number of nitrogens with one attached hydrogen (secondary N) is 2. The fourth-order valence-corrected chi connectivity index (χ4v) is 3.24. The van der Waals surface area contributed by atoms with Crippen LogP contribution < -0.4 is 15.4 Å². The Bertz CT molecular complexity index is 989. The summed E-state index contributed by atoms with van der Waals surface area (Å²) in [5, 5.41) is 5.73. The van der Waals surface area contributed by atoms with Crippen molar-refractivity contribution in [2.24, 2.45) is 0 Å². The summed E-state index contributed by atoms with van der Waals surface area (Å²) in [4.78, 5) is 12.8. The zero-order valence-corrected chi connectivity index (χ0v) is 18.1. The molecule has 1 amide bonds. The number of rotatable bonds is 10. The van der Waals surface area contributed by atoms with Crippen LogP contribution >= 0.6 is 0 Å². The average Bonchev–Trinajstić information content (AvgIpc) is 2.82. The van der Waals surface area contributed by atoms with Crippen molar-refractivity contribution in [3.05, 3.63) is 95.6 Å². The molecule has 0 aliphatic heterocycles. The van der Waals surface area contributed by atoms with Crippen LogP contribution in [0.25, 0.3) is 0 Å². The highest BCUT2D eigenvalue weighted by atomic mass is 19.4. The van der Waals surface area contributed by atoms with Crippen molar-refractivity contribution in [3.8, 4) is 5.75 Å². The second kappa shape index (κ2) is 11.4. The van der Waals surface area contributed by atoms with E-state index in [1.807, 2.05) is 60.7 Å². The predicted octanol–water partition coefficient (Wildman–Crippen LogP) is 5.05. The SMILES string of the molecule is COCCOc1ccc(C(F)(F)F)cc1NCC(=O)NC(c1ccccc1)c1ccccc1. The maximum atomic E-state index is 13.2. The third kappa shape index (κ3) is 6.98. The van der Waals surface area contributed by atoms with Gasteiger partial charge >= 0.3 is 6.18 Å². The molecule has 2 N–H and O–H groups in total. The van der Waals surface area contributed by atoms with Crippen LogP contribution in [0, 0.1) is 0 Å². The Morgan fingerprint density at radius 1 is 0.909 bits per heavy atom. The van der Waals surface area contributed by atoms with Crippen LogP contribution in [-0.4, -0.2) is 32.8 Å². The quantitative estimate of drug-likeness (QED) is 0.418. The number of amides is 1. The largest absolute Gasteiger partial charge is 0.489 e. The molecule has 3 rings (SSSR count). The molecular formula is C25H25F3N2O3. The van der Waals surface area contributed by atoms with E-state index in [1.165, 1.54) is 13.2 Å². The van der Waals surface area contributed by atoms with Crippen LogP contribution in [0.1, 0.15) is 22.7 Å². The summed E-state index contributed by atoms with van der Waals surface area (Å²) >= 11 is 0. The van der Waals surface area contributed by atoms with E-state index >= 15 is 0 Å². The van der Waals surface area contributed by atoms with Gasteiger partial charge in [0.05, 0.1) is 30.4 Å². The van der Waals surface area contributed by atoms with Crippen LogP contribution in [0.4, 0.5) is 18.9 Å². The monoisotopic (exact) mass is 458 g/mol. The lowest BCUT2D eigenvalue weighted by Crippen LogP contribution is -2.34. The summed E-state index contributed by atoms with van der Waals surface area (Å²) in [6, 6.07) is 21.6. The number of methoxy groups -OCH3 is 1. The first-order valence-electron chi connectivity index (χ1n) is 10.3. The van der Waals surface area contributed by atoms with Gasteiger partial charge in [0.25, 0.3) is 0 Å². The number of hydrogen-bond acceptors (Lipinski definition) is 4. The van der Waals surface area contributed by atoms with Gasteiger partial charge < -0.3 is 20.1 Å². The van der Waals surface area contributed by atoms with Crippen LogP contribution in [-0.2, 0) is 15.7 Å². The van der Waals surface area contributed by atoms with Crippen LogP contribution in [0.3, 0.4) is 0 Å². The Kier molecular flexibility index (Phi) is 8.32. The molecule has 3 aromatic carbocycles. The second-order valence-electron chi connectivity index (χ2n) is 7.23. The fourth-order valence-electron chi connectivity index (χ4n) is 3.24. The van der Waals surface area contributed by atoms with Gasteiger partial charge in [-0.1, -0.05) is 60.7 Å². The number of carbonyl (C=O) groups is 1. The highest BCUT2D eigenvalue weighted by Gasteiger charge is 2.31. The molecule has 0 heterocycles. The van der Waals surface area contributed by atoms with Gasteiger partial charge in [0, 0.05) is 7.11 Å². The molecule has 174 valence electrons. The lowest BCUT2D eigenvalue weighted by molar-refractivity contribution is -0.137. The van der Waals surface area contributed by atoms with Crippen molar-refractivity contribution in [1.82, 2.24) is 5.32 Å². The van der Waals surface area contributed by atoms with Crippen LogP contribution in [0.5, 0.6) is 5.75 Å². The topological polar surface area (TPSA) is 59.6 Å². The summed E-state index contributed by atoms with van der Waals surface area (Å²) in [5.74, 6) is -0.177. The molecule has 33 heavy (non-hydrogen) atoms. The van der Waals surface area contributed by atoms with Crippen molar-refractivity contribution in [1.29, 1.82) is 0 Å². The number of carbonyl (C=O) groups excluding carboxylic acids is 1. The number of halogens is 3. The smallest absolute Gasteiger partial charge is 0.416 e. The van der Waals surface area contributed by atoms with E-state index in [9.17, 15) is 18.0 Å². The molecule has 0 radical (unpaired) electrons. The predicted molar refractivity (Wildman–Crippen MR) is 120 cm³/mol. The zero-order valence-electron chi connectivity index (χ0n) is 18.1. The highest BCUT2D eigenvalue weighted by molar-refractivity contribution is 5.82. The van der Waals surface area contributed by atoms with Crippen molar-refractivity contribution >= 4 is 11.6 Å². The molecule has 0 aliphatic carbocycles. The van der Waals surface area contributed by atoms with E-state index in [-0.39, 0.29) is 37.1 Å².